The molecule has 3 amide bonds. The zero-order valence-electron chi connectivity index (χ0n) is 23.9. The molecule has 0 unspecified atom stereocenters. The fraction of sp³-hybridized carbons (Fsp3) is 0.533. The molecular formula is C30H42N6O3. The lowest BCUT2D eigenvalue weighted by molar-refractivity contribution is -0.143. The Labute approximate surface area is 231 Å². The summed E-state index contributed by atoms with van der Waals surface area (Å²) in [7, 11) is 0. The van der Waals surface area contributed by atoms with Gasteiger partial charge in [0.2, 0.25) is 11.8 Å². The van der Waals surface area contributed by atoms with Crippen LogP contribution in [0.5, 0.6) is 0 Å². The number of amides is 3. The Bertz CT molecular complexity index is 1260. The Kier molecular flexibility index (Phi) is 8.71. The van der Waals surface area contributed by atoms with Crippen molar-refractivity contribution in [2.45, 2.75) is 78.6 Å². The van der Waals surface area contributed by atoms with Crippen LogP contribution < -0.4 is 21.4 Å². The minimum atomic E-state index is -0.736. The summed E-state index contributed by atoms with van der Waals surface area (Å²) in [5, 5.41) is 12.9. The van der Waals surface area contributed by atoms with Gasteiger partial charge in [0.1, 0.15) is 12.1 Å². The number of nitrogens with zero attached hydrogens (tertiary/aromatic N) is 2. The molecular weight excluding hydrogens is 492 g/mol. The molecule has 9 heteroatoms. The molecule has 4 N–H and O–H groups in total. The van der Waals surface area contributed by atoms with Crippen molar-refractivity contribution < 1.29 is 14.4 Å². The molecule has 2 aliphatic rings. The van der Waals surface area contributed by atoms with Crippen LogP contribution in [-0.4, -0.2) is 58.9 Å². The van der Waals surface area contributed by atoms with E-state index in [1.807, 2.05) is 51.2 Å². The summed E-state index contributed by atoms with van der Waals surface area (Å²) in [5.74, 6) is -0.619. The molecule has 9 nitrogen and oxygen atoms in total. The third kappa shape index (κ3) is 7.02. The minimum absolute atomic E-state index is 0.0215. The topological polar surface area (TPSA) is 115 Å². The third-order valence-corrected chi connectivity index (χ3v) is 7.56. The van der Waals surface area contributed by atoms with E-state index in [1.54, 1.807) is 6.92 Å². The SMILES string of the molecule is CC(C)[C@@H]1NCC(C)(C)C=Cc2cc3cc(ccc3cn2)[C@@H](C)NC(=O)[C@@H]2CCCN(N2)C(=O)[C@H](C)NC1=O. The third-order valence-electron chi connectivity index (χ3n) is 7.56. The number of carbonyl (C=O) groups is 3. The molecule has 0 spiro atoms. The van der Waals surface area contributed by atoms with E-state index < -0.39 is 18.1 Å². The molecule has 4 rings (SSSR count). The highest BCUT2D eigenvalue weighted by Crippen LogP contribution is 2.23. The van der Waals surface area contributed by atoms with Crippen LogP contribution >= 0.6 is 0 Å². The summed E-state index contributed by atoms with van der Waals surface area (Å²) in [4.78, 5) is 44.2. The van der Waals surface area contributed by atoms with E-state index >= 15 is 0 Å². The summed E-state index contributed by atoms with van der Waals surface area (Å²) in [5.41, 5.74) is 4.68. The van der Waals surface area contributed by atoms with Crippen molar-refractivity contribution >= 4 is 34.6 Å². The zero-order valence-corrected chi connectivity index (χ0v) is 23.9. The predicted octanol–water partition coefficient (Wildman–Crippen LogP) is 3.08. The van der Waals surface area contributed by atoms with Crippen molar-refractivity contribution in [3.63, 3.8) is 0 Å². The molecule has 4 atom stereocenters. The minimum Gasteiger partial charge on any atom is -0.348 e. The molecule has 210 valence electrons. The van der Waals surface area contributed by atoms with Crippen LogP contribution in [0.4, 0.5) is 0 Å². The molecule has 3 heterocycles. The van der Waals surface area contributed by atoms with Gasteiger partial charge in [-0.1, -0.05) is 45.9 Å². The van der Waals surface area contributed by atoms with E-state index in [-0.39, 0.29) is 35.1 Å². The molecule has 1 aromatic heterocycles. The van der Waals surface area contributed by atoms with E-state index in [0.717, 1.165) is 22.0 Å². The van der Waals surface area contributed by atoms with Crippen molar-refractivity contribution in [3.8, 4) is 0 Å². The lowest BCUT2D eigenvalue weighted by atomic mass is 9.91. The molecule has 0 aliphatic carbocycles. The Morgan fingerprint density at radius 1 is 1.00 bits per heavy atom. The van der Waals surface area contributed by atoms with Gasteiger partial charge in [-0.3, -0.25) is 24.4 Å². The molecule has 39 heavy (non-hydrogen) atoms. The number of carbonyl (C=O) groups excluding carboxylic acids is 3. The van der Waals surface area contributed by atoms with Crippen LogP contribution in [0, 0.1) is 11.3 Å². The number of pyridine rings is 1. The Morgan fingerprint density at radius 3 is 2.49 bits per heavy atom. The molecule has 2 aromatic rings. The maximum absolute atomic E-state index is 13.2. The summed E-state index contributed by atoms with van der Waals surface area (Å²) in [6.07, 6.45) is 7.28. The first-order valence-electron chi connectivity index (χ1n) is 13.9. The van der Waals surface area contributed by atoms with Gasteiger partial charge >= 0.3 is 0 Å². The van der Waals surface area contributed by atoms with Gasteiger partial charge in [-0.2, -0.15) is 0 Å². The number of hydrogen-bond donors (Lipinski definition) is 4. The van der Waals surface area contributed by atoms with E-state index in [4.69, 9.17) is 0 Å². The van der Waals surface area contributed by atoms with E-state index in [9.17, 15) is 14.4 Å². The van der Waals surface area contributed by atoms with E-state index in [0.29, 0.717) is 25.9 Å². The van der Waals surface area contributed by atoms with Crippen LogP contribution in [-0.2, 0) is 14.4 Å². The van der Waals surface area contributed by atoms with Gasteiger partial charge in [-0.15, -0.1) is 0 Å². The van der Waals surface area contributed by atoms with Gasteiger partial charge in [0.15, 0.2) is 0 Å². The van der Waals surface area contributed by atoms with Gasteiger partial charge in [-0.25, -0.2) is 5.43 Å². The zero-order chi connectivity index (χ0) is 28.3. The molecule has 5 bridgehead atoms. The van der Waals surface area contributed by atoms with Gasteiger partial charge in [0.05, 0.1) is 17.8 Å². The van der Waals surface area contributed by atoms with Crippen molar-refractivity contribution in [3.05, 3.63) is 47.8 Å². The lowest BCUT2D eigenvalue weighted by Crippen LogP contribution is -2.61. The normalized spacial score (nSPS) is 26.9. The fourth-order valence-corrected chi connectivity index (χ4v) is 5.04. The molecule has 1 aromatic carbocycles. The fourth-order valence-electron chi connectivity index (χ4n) is 5.04. The smallest absolute Gasteiger partial charge is 0.258 e. The number of benzene rings is 1. The summed E-state index contributed by atoms with van der Waals surface area (Å²) in [6.45, 7) is 12.9. The van der Waals surface area contributed by atoms with E-state index in [2.05, 4.69) is 52.3 Å². The first kappa shape index (κ1) is 28.7. The van der Waals surface area contributed by atoms with Gasteiger partial charge in [0.25, 0.3) is 5.91 Å². The van der Waals surface area contributed by atoms with Gasteiger partial charge < -0.3 is 16.0 Å². The van der Waals surface area contributed by atoms with Crippen LogP contribution in [0.1, 0.15) is 71.7 Å². The average Bonchev–Trinajstić information content (AvgIpc) is 2.90. The lowest BCUT2D eigenvalue weighted by Gasteiger charge is -2.35. The molecule has 2 aliphatic heterocycles. The molecule has 1 fully saturated rings. The summed E-state index contributed by atoms with van der Waals surface area (Å²) in [6, 6.07) is 6.22. The van der Waals surface area contributed by atoms with Crippen LogP contribution in [0.15, 0.2) is 36.5 Å². The highest BCUT2D eigenvalue weighted by atomic mass is 16.2. The number of nitrogens with one attached hydrogen (secondary N) is 4. The second kappa shape index (κ2) is 11.8. The second-order valence-corrected chi connectivity index (χ2v) is 11.9. The highest BCUT2D eigenvalue weighted by molar-refractivity contribution is 5.90. The van der Waals surface area contributed by atoms with Crippen molar-refractivity contribution in [1.82, 2.24) is 31.4 Å². The molecule has 0 saturated carbocycles. The van der Waals surface area contributed by atoms with Crippen LogP contribution in [0.25, 0.3) is 16.8 Å². The molecule has 1 saturated heterocycles. The quantitative estimate of drug-likeness (QED) is 0.447. The highest BCUT2D eigenvalue weighted by Gasteiger charge is 2.33. The first-order valence-corrected chi connectivity index (χ1v) is 13.9. The van der Waals surface area contributed by atoms with Crippen LogP contribution in [0.2, 0.25) is 0 Å². The first-order chi connectivity index (χ1) is 18.4. The largest absolute Gasteiger partial charge is 0.348 e. The maximum atomic E-state index is 13.2. The van der Waals surface area contributed by atoms with Crippen molar-refractivity contribution in [1.29, 1.82) is 0 Å². The number of rotatable bonds is 1. The van der Waals surface area contributed by atoms with E-state index in [1.165, 1.54) is 5.01 Å². The van der Waals surface area contributed by atoms with Crippen LogP contribution in [0.3, 0.4) is 0 Å². The number of fused-ring (bicyclic) bond motifs is 4. The Balaban J connectivity index is 1.67. The monoisotopic (exact) mass is 534 g/mol. The molecule has 0 radical (unpaired) electrons. The predicted molar refractivity (Wildman–Crippen MR) is 153 cm³/mol. The number of aromatic nitrogens is 1. The Morgan fingerprint density at radius 2 is 1.74 bits per heavy atom. The summed E-state index contributed by atoms with van der Waals surface area (Å²) >= 11 is 0. The maximum Gasteiger partial charge on any atom is 0.258 e. The van der Waals surface area contributed by atoms with Gasteiger partial charge in [0, 0.05) is 24.7 Å². The standard InChI is InChI=1S/C30H42N6O3/c1-18(2)26-28(38)34-20(4)29(39)36-13-7-8-25(35-36)27(37)33-19(3)21-9-10-22-16-31-24(15-23(22)14-21)11-12-30(5,6)17-32-26/h9-12,14-16,18-20,25-26,32,35H,7-8,13,17H2,1-6H3,(H,33,37)(H,34,38)/t19-,20+,25+,26+/m1/s1. The average molecular weight is 535 g/mol. The van der Waals surface area contributed by atoms with Crippen molar-refractivity contribution in [2.24, 2.45) is 11.3 Å². The number of hydrogen-bond acceptors (Lipinski definition) is 6. The summed E-state index contributed by atoms with van der Waals surface area (Å²) < 4.78 is 0. The van der Waals surface area contributed by atoms with Gasteiger partial charge in [-0.05, 0) is 67.2 Å². The van der Waals surface area contributed by atoms with Crippen molar-refractivity contribution in [2.75, 3.05) is 13.1 Å². The second-order valence-electron chi connectivity index (χ2n) is 11.9. The Hall–Kier alpha value is -3.30. The number of hydrazine groups is 1.